The lowest BCUT2D eigenvalue weighted by Crippen LogP contribution is -2.12. The highest BCUT2D eigenvalue weighted by Gasteiger charge is 2.26. The van der Waals surface area contributed by atoms with Gasteiger partial charge >= 0.3 is 0 Å². The Morgan fingerprint density at radius 1 is 1.00 bits per heavy atom. The molecule has 104 valence electrons. The van der Waals surface area contributed by atoms with Crippen molar-refractivity contribution in [1.29, 1.82) is 0 Å². The molecule has 1 fully saturated rings. The highest BCUT2D eigenvalue weighted by atomic mass is 15.2. The molecule has 0 saturated heterocycles. The van der Waals surface area contributed by atoms with E-state index in [1.807, 2.05) is 0 Å². The summed E-state index contributed by atoms with van der Waals surface area (Å²) in [7, 11) is 0. The fourth-order valence-electron chi connectivity index (χ4n) is 3.85. The molecule has 1 N–H and O–H groups in total. The lowest BCUT2D eigenvalue weighted by molar-refractivity contribution is 0.591. The molecule has 3 heteroatoms. The lowest BCUT2D eigenvalue weighted by Gasteiger charge is -2.23. The van der Waals surface area contributed by atoms with E-state index < -0.39 is 0 Å². The van der Waals surface area contributed by atoms with Gasteiger partial charge in [0, 0.05) is 11.8 Å². The third-order valence-corrected chi connectivity index (χ3v) is 4.94. The van der Waals surface area contributed by atoms with Crippen molar-refractivity contribution >= 4 is 0 Å². The van der Waals surface area contributed by atoms with E-state index in [0.717, 1.165) is 11.6 Å². The van der Waals surface area contributed by atoms with Gasteiger partial charge in [0.2, 0.25) is 0 Å². The van der Waals surface area contributed by atoms with Gasteiger partial charge in [0.25, 0.3) is 0 Å². The Balaban J connectivity index is 1.65. The van der Waals surface area contributed by atoms with Gasteiger partial charge < -0.3 is 0 Å². The first-order valence-corrected chi connectivity index (χ1v) is 7.92. The summed E-state index contributed by atoms with van der Waals surface area (Å²) in [4.78, 5) is 4.85. The molecule has 1 unspecified atom stereocenters. The molecule has 0 bridgehead atoms. The summed E-state index contributed by atoms with van der Waals surface area (Å²) < 4.78 is 0. The molecule has 0 radical (unpaired) electrons. The minimum atomic E-state index is 0.419. The number of hydrogen-bond acceptors (Lipinski definition) is 2. The second-order valence-corrected chi connectivity index (χ2v) is 6.20. The molecule has 20 heavy (non-hydrogen) atoms. The Morgan fingerprint density at radius 2 is 1.85 bits per heavy atom. The fraction of sp³-hybridized carbons (Fsp3) is 0.529. The Bertz CT molecular complexity index is 596. The maximum absolute atomic E-state index is 4.85. The quantitative estimate of drug-likeness (QED) is 0.895. The molecule has 1 aromatic carbocycles. The Morgan fingerprint density at radius 3 is 2.75 bits per heavy atom. The summed E-state index contributed by atoms with van der Waals surface area (Å²) in [6, 6.07) is 8.81. The van der Waals surface area contributed by atoms with Gasteiger partial charge in [0.05, 0.1) is 0 Å². The molecule has 0 amide bonds. The topological polar surface area (TPSA) is 41.6 Å². The average molecular weight is 267 g/mol. The highest BCUT2D eigenvalue weighted by molar-refractivity contribution is 5.36. The number of aromatic amines is 1. The molecule has 1 heterocycles. The van der Waals surface area contributed by atoms with Crippen molar-refractivity contribution in [2.45, 2.75) is 56.8 Å². The van der Waals surface area contributed by atoms with Crippen LogP contribution in [0.2, 0.25) is 0 Å². The average Bonchev–Trinajstić information content (AvgIpc) is 3.17. The first-order valence-electron chi connectivity index (χ1n) is 7.92. The number of rotatable bonds is 2. The third-order valence-electron chi connectivity index (χ3n) is 4.94. The van der Waals surface area contributed by atoms with E-state index in [2.05, 4.69) is 34.5 Å². The van der Waals surface area contributed by atoms with E-state index in [4.69, 9.17) is 4.98 Å². The minimum Gasteiger partial charge on any atom is -0.263 e. The standard InChI is InChI=1S/C17H21N3/c1-2-8-13(7-1)16-18-17(20-19-16)15-11-5-9-12-6-3-4-10-14(12)15/h3-4,6,10,13,15H,1-2,5,7-9,11H2,(H,18,19,20). The van der Waals surface area contributed by atoms with Crippen LogP contribution in [0.15, 0.2) is 24.3 Å². The molecule has 2 aromatic rings. The smallest absolute Gasteiger partial charge is 0.153 e. The summed E-state index contributed by atoms with van der Waals surface area (Å²) in [5.74, 6) is 3.15. The lowest BCUT2D eigenvalue weighted by atomic mass is 9.82. The number of aryl methyl sites for hydroxylation is 1. The number of fused-ring (bicyclic) bond motifs is 1. The number of hydrogen-bond donors (Lipinski definition) is 1. The van der Waals surface area contributed by atoms with Gasteiger partial charge in [-0.2, -0.15) is 5.10 Å². The molecule has 0 aliphatic heterocycles. The largest absolute Gasteiger partial charge is 0.263 e. The maximum atomic E-state index is 4.85. The Kier molecular flexibility index (Phi) is 3.06. The summed E-state index contributed by atoms with van der Waals surface area (Å²) in [6.07, 6.45) is 8.84. The summed E-state index contributed by atoms with van der Waals surface area (Å²) in [5.41, 5.74) is 2.94. The van der Waals surface area contributed by atoms with E-state index in [1.165, 1.54) is 56.1 Å². The monoisotopic (exact) mass is 267 g/mol. The molecule has 1 atom stereocenters. The molecular weight excluding hydrogens is 246 g/mol. The van der Waals surface area contributed by atoms with Crippen molar-refractivity contribution in [3.05, 3.63) is 47.0 Å². The van der Waals surface area contributed by atoms with Gasteiger partial charge in [0.1, 0.15) is 5.82 Å². The fourth-order valence-corrected chi connectivity index (χ4v) is 3.85. The predicted molar refractivity (Wildman–Crippen MR) is 78.8 cm³/mol. The van der Waals surface area contributed by atoms with Gasteiger partial charge in [-0.1, -0.05) is 37.1 Å². The number of nitrogens with one attached hydrogen (secondary N) is 1. The van der Waals surface area contributed by atoms with Crippen LogP contribution >= 0.6 is 0 Å². The number of nitrogens with zero attached hydrogens (tertiary/aromatic N) is 2. The van der Waals surface area contributed by atoms with E-state index >= 15 is 0 Å². The molecular formula is C17H21N3. The van der Waals surface area contributed by atoms with Crippen LogP contribution in [0.5, 0.6) is 0 Å². The Labute approximate surface area is 119 Å². The molecule has 2 aliphatic rings. The van der Waals surface area contributed by atoms with Crippen LogP contribution in [0.1, 0.15) is 73.1 Å². The number of aromatic nitrogens is 3. The zero-order valence-electron chi connectivity index (χ0n) is 11.8. The van der Waals surface area contributed by atoms with E-state index in [0.29, 0.717) is 11.8 Å². The normalized spacial score (nSPS) is 22.9. The number of benzene rings is 1. The van der Waals surface area contributed by atoms with Gasteiger partial charge in [0.15, 0.2) is 5.82 Å². The van der Waals surface area contributed by atoms with Crippen molar-refractivity contribution in [2.75, 3.05) is 0 Å². The van der Waals surface area contributed by atoms with Crippen molar-refractivity contribution in [3.63, 3.8) is 0 Å². The maximum Gasteiger partial charge on any atom is 0.153 e. The van der Waals surface area contributed by atoms with Crippen LogP contribution in [-0.4, -0.2) is 15.2 Å². The van der Waals surface area contributed by atoms with Crippen LogP contribution in [0.4, 0.5) is 0 Å². The molecule has 4 rings (SSSR count). The van der Waals surface area contributed by atoms with Crippen LogP contribution < -0.4 is 0 Å². The van der Waals surface area contributed by atoms with Crippen molar-refractivity contribution in [1.82, 2.24) is 15.2 Å². The van der Waals surface area contributed by atoms with Crippen LogP contribution in [-0.2, 0) is 6.42 Å². The second-order valence-electron chi connectivity index (χ2n) is 6.20. The zero-order chi connectivity index (χ0) is 13.4. The van der Waals surface area contributed by atoms with Gasteiger partial charge in [-0.15, -0.1) is 0 Å². The van der Waals surface area contributed by atoms with Gasteiger partial charge in [-0.3, -0.25) is 5.10 Å². The molecule has 2 aliphatic carbocycles. The highest BCUT2D eigenvalue weighted by Crippen LogP contribution is 2.37. The molecule has 0 spiro atoms. The molecule has 3 nitrogen and oxygen atoms in total. The Hall–Kier alpha value is -1.64. The van der Waals surface area contributed by atoms with E-state index in [-0.39, 0.29) is 0 Å². The van der Waals surface area contributed by atoms with E-state index in [1.54, 1.807) is 0 Å². The minimum absolute atomic E-state index is 0.419. The SMILES string of the molecule is c1ccc2c(c1)CCCC2c1nc(C2CCCC2)n[nH]1. The first-order chi connectivity index (χ1) is 9.92. The summed E-state index contributed by atoms with van der Waals surface area (Å²) >= 11 is 0. The number of H-pyrrole nitrogens is 1. The first kappa shape index (κ1) is 12.1. The van der Waals surface area contributed by atoms with Crippen LogP contribution in [0.25, 0.3) is 0 Å². The van der Waals surface area contributed by atoms with Gasteiger partial charge in [-0.25, -0.2) is 4.98 Å². The summed E-state index contributed by atoms with van der Waals surface area (Å²) in [6.45, 7) is 0. The van der Waals surface area contributed by atoms with Gasteiger partial charge in [-0.05, 0) is 43.2 Å². The zero-order valence-corrected chi connectivity index (χ0v) is 11.8. The van der Waals surface area contributed by atoms with Crippen LogP contribution in [0, 0.1) is 0 Å². The van der Waals surface area contributed by atoms with Crippen molar-refractivity contribution in [3.8, 4) is 0 Å². The molecule has 1 aromatic heterocycles. The second kappa shape index (κ2) is 5.04. The van der Waals surface area contributed by atoms with Crippen molar-refractivity contribution < 1.29 is 0 Å². The van der Waals surface area contributed by atoms with E-state index in [9.17, 15) is 0 Å². The predicted octanol–water partition coefficient (Wildman–Crippen LogP) is 3.93. The summed E-state index contributed by atoms with van der Waals surface area (Å²) in [5, 5.41) is 7.74. The molecule has 1 saturated carbocycles. The van der Waals surface area contributed by atoms with Crippen molar-refractivity contribution in [2.24, 2.45) is 0 Å². The third kappa shape index (κ3) is 2.05. The van der Waals surface area contributed by atoms with Crippen LogP contribution in [0.3, 0.4) is 0 Å².